The molecule has 1 heterocycles. The highest BCUT2D eigenvalue weighted by atomic mass is 79.9. The molecule has 0 fully saturated rings. The van der Waals surface area contributed by atoms with Gasteiger partial charge in [0.1, 0.15) is 4.60 Å². The number of ether oxygens (including phenoxy) is 1. The summed E-state index contributed by atoms with van der Waals surface area (Å²) >= 11 is 8.58. The molecular formula is C9H7BrClF2NO2. The van der Waals surface area contributed by atoms with Crippen molar-refractivity contribution in [3.05, 3.63) is 26.9 Å². The molecule has 0 aliphatic carbocycles. The number of pyridine rings is 1. The molecule has 16 heavy (non-hydrogen) atoms. The lowest BCUT2D eigenvalue weighted by atomic mass is 10.2. The molecule has 1 aromatic rings. The van der Waals surface area contributed by atoms with Gasteiger partial charge in [0, 0.05) is 0 Å². The largest absolute Gasteiger partial charge is 0.461 e. The van der Waals surface area contributed by atoms with Crippen LogP contribution in [0.15, 0.2) is 10.7 Å². The standard InChI is InChI=1S/C9H7BrClF2NO2/c1-2-16-9(15)7-6(8(12)13)4(11)3-5(10)14-7/h3,8H,2H2,1H3. The Hall–Kier alpha value is -0.750. The third-order valence-corrected chi connectivity index (χ3v) is 2.38. The SMILES string of the molecule is CCOC(=O)c1nc(Br)cc(Cl)c1C(F)F. The first-order valence-electron chi connectivity index (χ1n) is 4.28. The molecule has 0 saturated heterocycles. The zero-order valence-electron chi connectivity index (χ0n) is 8.14. The maximum absolute atomic E-state index is 12.7. The number of aromatic nitrogens is 1. The molecule has 0 saturated carbocycles. The molecule has 0 atom stereocenters. The molecule has 3 nitrogen and oxygen atoms in total. The van der Waals surface area contributed by atoms with Gasteiger partial charge in [0.15, 0.2) is 5.69 Å². The minimum Gasteiger partial charge on any atom is -0.461 e. The molecular weight excluding hydrogens is 307 g/mol. The smallest absolute Gasteiger partial charge is 0.357 e. The number of nitrogens with zero attached hydrogens (tertiary/aromatic N) is 1. The van der Waals surface area contributed by atoms with Crippen molar-refractivity contribution in [3.63, 3.8) is 0 Å². The highest BCUT2D eigenvalue weighted by Gasteiger charge is 2.25. The molecule has 0 radical (unpaired) electrons. The summed E-state index contributed by atoms with van der Waals surface area (Å²) in [5.41, 5.74) is -1.07. The molecule has 88 valence electrons. The normalized spacial score (nSPS) is 10.6. The molecule has 0 aliphatic heterocycles. The van der Waals surface area contributed by atoms with Crippen LogP contribution in [0.2, 0.25) is 5.02 Å². The lowest BCUT2D eigenvalue weighted by Gasteiger charge is -2.09. The van der Waals surface area contributed by atoms with Crippen molar-refractivity contribution in [2.75, 3.05) is 6.61 Å². The fourth-order valence-electron chi connectivity index (χ4n) is 1.06. The van der Waals surface area contributed by atoms with Crippen LogP contribution in [-0.2, 0) is 4.74 Å². The Balaban J connectivity index is 3.29. The predicted molar refractivity (Wildman–Crippen MR) is 57.9 cm³/mol. The minimum atomic E-state index is -2.88. The topological polar surface area (TPSA) is 39.2 Å². The number of hydrogen-bond donors (Lipinski definition) is 0. The Bertz CT molecular complexity index is 415. The van der Waals surface area contributed by atoms with Gasteiger partial charge >= 0.3 is 5.97 Å². The van der Waals surface area contributed by atoms with Crippen LogP contribution in [0.3, 0.4) is 0 Å². The summed E-state index contributed by atoms with van der Waals surface area (Å²) in [4.78, 5) is 15.0. The van der Waals surface area contributed by atoms with E-state index in [9.17, 15) is 13.6 Å². The molecule has 0 N–H and O–H groups in total. The van der Waals surface area contributed by atoms with Crippen LogP contribution in [-0.4, -0.2) is 17.6 Å². The van der Waals surface area contributed by atoms with E-state index >= 15 is 0 Å². The average Bonchev–Trinajstić information content (AvgIpc) is 2.15. The molecule has 0 aromatic carbocycles. The predicted octanol–water partition coefficient (Wildman–Crippen LogP) is 3.61. The number of carbonyl (C=O) groups excluding carboxylic acids is 1. The second-order valence-electron chi connectivity index (χ2n) is 2.71. The Labute approximate surface area is 104 Å². The summed E-state index contributed by atoms with van der Waals surface area (Å²) in [6.45, 7) is 1.65. The van der Waals surface area contributed by atoms with E-state index in [-0.39, 0.29) is 16.2 Å². The second kappa shape index (κ2) is 5.54. The zero-order valence-corrected chi connectivity index (χ0v) is 10.5. The Morgan fingerprint density at radius 3 is 2.81 bits per heavy atom. The first-order chi connectivity index (χ1) is 7.47. The van der Waals surface area contributed by atoms with E-state index in [4.69, 9.17) is 11.6 Å². The van der Waals surface area contributed by atoms with Gasteiger partial charge in [-0.05, 0) is 28.9 Å². The van der Waals surface area contributed by atoms with Crippen LogP contribution in [0.5, 0.6) is 0 Å². The van der Waals surface area contributed by atoms with Gasteiger partial charge in [0.05, 0.1) is 17.2 Å². The maximum Gasteiger partial charge on any atom is 0.357 e. The summed E-state index contributed by atoms with van der Waals surface area (Å²) in [6, 6.07) is 1.20. The first-order valence-corrected chi connectivity index (χ1v) is 5.45. The summed E-state index contributed by atoms with van der Waals surface area (Å²) in [5, 5.41) is -0.222. The van der Waals surface area contributed by atoms with Crippen molar-refractivity contribution < 1.29 is 18.3 Å². The molecule has 1 aromatic heterocycles. The van der Waals surface area contributed by atoms with Gasteiger partial charge in [-0.1, -0.05) is 11.6 Å². The van der Waals surface area contributed by atoms with Gasteiger partial charge in [0.25, 0.3) is 6.43 Å². The van der Waals surface area contributed by atoms with Crippen LogP contribution in [0, 0.1) is 0 Å². The van der Waals surface area contributed by atoms with Crippen molar-refractivity contribution in [2.45, 2.75) is 13.3 Å². The zero-order chi connectivity index (χ0) is 12.3. The van der Waals surface area contributed by atoms with Crippen molar-refractivity contribution in [3.8, 4) is 0 Å². The number of hydrogen-bond acceptors (Lipinski definition) is 3. The number of carbonyl (C=O) groups is 1. The number of halogens is 4. The van der Waals surface area contributed by atoms with Gasteiger partial charge in [-0.25, -0.2) is 18.6 Å². The van der Waals surface area contributed by atoms with Crippen LogP contribution >= 0.6 is 27.5 Å². The average molecular weight is 315 g/mol. The third kappa shape index (κ3) is 2.89. The molecule has 0 amide bonds. The molecule has 1 rings (SSSR count). The van der Waals surface area contributed by atoms with E-state index in [0.29, 0.717) is 0 Å². The fourth-order valence-corrected chi connectivity index (χ4v) is 1.87. The van der Waals surface area contributed by atoms with Gasteiger partial charge in [0.2, 0.25) is 0 Å². The van der Waals surface area contributed by atoms with E-state index in [1.165, 1.54) is 6.07 Å². The van der Waals surface area contributed by atoms with E-state index in [0.717, 1.165) is 0 Å². The lowest BCUT2D eigenvalue weighted by molar-refractivity contribution is 0.0507. The van der Waals surface area contributed by atoms with E-state index < -0.39 is 23.7 Å². The highest BCUT2D eigenvalue weighted by Crippen LogP contribution is 2.31. The van der Waals surface area contributed by atoms with Crippen molar-refractivity contribution in [2.24, 2.45) is 0 Å². The van der Waals surface area contributed by atoms with E-state index in [1.54, 1.807) is 6.92 Å². The number of esters is 1. The minimum absolute atomic E-state index is 0.0767. The number of rotatable bonds is 3. The van der Waals surface area contributed by atoms with Crippen LogP contribution in [0.1, 0.15) is 29.4 Å². The summed E-state index contributed by atoms with van der Waals surface area (Å²) in [5.74, 6) is -0.916. The monoisotopic (exact) mass is 313 g/mol. The third-order valence-electron chi connectivity index (χ3n) is 1.66. The second-order valence-corrected chi connectivity index (χ2v) is 3.93. The fraction of sp³-hybridized carbons (Fsp3) is 0.333. The van der Waals surface area contributed by atoms with Crippen molar-refractivity contribution >= 4 is 33.5 Å². The van der Waals surface area contributed by atoms with E-state index in [1.807, 2.05) is 0 Å². The Morgan fingerprint density at radius 2 is 2.31 bits per heavy atom. The van der Waals surface area contributed by atoms with Gasteiger partial charge in [-0.2, -0.15) is 0 Å². The number of alkyl halides is 2. The molecule has 0 aliphatic rings. The Kier molecular flexibility index (Phi) is 4.61. The molecule has 0 bridgehead atoms. The molecule has 0 spiro atoms. The van der Waals surface area contributed by atoms with Crippen molar-refractivity contribution in [1.29, 1.82) is 0 Å². The quantitative estimate of drug-likeness (QED) is 0.632. The molecule has 7 heteroatoms. The van der Waals surface area contributed by atoms with Gasteiger partial charge < -0.3 is 4.74 Å². The maximum atomic E-state index is 12.7. The van der Waals surface area contributed by atoms with Crippen LogP contribution in [0.4, 0.5) is 8.78 Å². The molecule has 0 unspecified atom stereocenters. The summed E-state index contributed by atoms with van der Waals surface area (Å²) < 4.78 is 30.2. The van der Waals surface area contributed by atoms with Crippen molar-refractivity contribution in [1.82, 2.24) is 4.98 Å². The highest BCUT2D eigenvalue weighted by molar-refractivity contribution is 9.10. The first kappa shape index (κ1) is 13.3. The lowest BCUT2D eigenvalue weighted by Crippen LogP contribution is -2.11. The van der Waals surface area contributed by atoms with Crippen LogP contribution in [0.25, 0.3) is 0 Å². The van der Waals surface area contributed by atoms with Gasteiger partial charge in [-0.15, -0.1) is 0 Å². The van der Waals surface area contributed by atoms with E-state index in [2.05, 4.69) is 25.7 Å². The van der Waals surface area contributed by atoms with Gasteiger partial charge in [-0.3, -0.25) is 0 Å². The van der Waals surface area contributed by atoms with Crippen LogP contribution < -0.4 is 0 Å². The summed E-state index contributed by atoms with van der Waals surface area (Å²) in [6.07, 6.45) is -2.88. The Morgan fingerprint density at radius 1 is 1.69 bits per heavy atom. The summed E-state index contributed by atoms with van der Waals surface area (Å²) in [7, 11) is 0.